The smallest absolute Gasteiger partial charge is 0.0807 e. The number of aromatic nitrogens is 1. The maximum Gasteiger partial charge on any atom is 0.0807 e. The van der Waals surface area contributed by atoms with Crippen molar-refractivity contribution < 1.29 is 4.74 Å². The maximum absolute atomic E-state index is 5.79. The fourth-order valence-electron chi connectivity index (χ4n) is 2.79. The lowest BCUT2D eigenvalue weighted by Crippen LogP contribution is -2.38. The third kappa shape index (κ3) is 2.34. The number of nitrogens with zero attached hydrogens (tertiary/aromatic N) is 1. The van der Waals surface area contributed by atoms with Gasteiger partial charge in [-0.05, 0) is 36.5 Å². The molecular formula is C15H19N3O. The summed E-state index contributed by atoms with van der Waals surface area (Å²) >= 11 is 0. The number of ether oxygens (including phenoxy) is 1. The number of nitrogens with one attached hydrogen (secondary N) is 1. The number of benzene rings is 1. The van der Waals surface area contributed by atoms with Gasteiger partial charge in [-0.3, -0.25) is 16.3 Å². The predicted octanol–water partition coefficient (Wildman–Crippen LogP) is 2.16. The molecule has 1 aromatic carbocycles. The van der Waals surface area contributed by atoms with Crippen LogP contribution in [0.5, 0.6) is 0 Å². The number of hydrogen-bond donors (Lipinski definition) is 2. The van der Waals surface area contributed by atoms with E-state index in [-0.39, 0.29) is 12.1 Å². The van der Waals surface area contributed by atoms with Crippen LogP contribution in [0.3, 0.4) is 0 Å². The summed E-state index contributed by atoms with van der Waals surface area (Å²) in [4.78, 5) is 4.39. The lowest BCUT2D eigenvalue weighted by atomic mass is 9.95. The first-order chi connectivity index (χ1) is 9.35. The Hall–Kier alpha value is -1.49. The largest absolute Gasteiger partial charge is 0.379 e. The van der Waals surface area contributed by atoms with Gasteiger partial charge in [0.15, 0.2) is 0 Å². The third-order valence-electron chi connectivity index (χ3n) is 3.88. The van der Waals surface area contributed by atoms with Crippen LogP contribution < -0.4 is 11.3 Å². The van der Waals surface area contributed by atoms with Gasteiger partial charge in [-0.1, -0.05) is 18.2 Å². The monoisotopic (exact) mass is 257 g/mol. The van der Waals surface area contributed by atoms with Crippen LogP contribution in [0.4, 0.5) is 0 Å². The van der Waals surface area contributed by atoms with Gasteiger partial charge in [0.2, 0.25) is 0 Å². The summed E-state index contributed by atoms with van der Waals surface area (Å²) in [7, 11) is 1.76. The minimum absolute atomic E-state index is 0.00500. The Morgan fingerprint density at radius 1 is 1.32 bits per heavy atom. The fourth-order valence-corrected chi connectivity index (χ4v) is 2.79. The second-order valence-corrected chi connectivity index (χ2v) is 5.10. The molecule has 1 fully saturated rings. The van der Waals surface area contributed by atoms with Crippen LogP contribution in [0.2, 0.25) is 0 Å². The fraction of sp³-hybridized carbons (Fsp3) is 0.400. The van der Waals surface area contributed by atoms with Crippen molar-refractivity contribution in [3.05, 3.63) is 42.1 Å². The van der Waals surface area contributed by atoms with Crippen molar-refractivity contribution >= 4 is 10.9 Å². The molecule has 1 aromatic heterocycles. The summed E-state index contributed by atoms with van der Waals surface area (Å²) in [6, 6.07) is 10.2. The summed E-state index contributed by atoms with van der Waals surface area (Å²) < 4.78 is 5.67. The number of hydrazine groups is 1. The number of rotatable bonds is 5. The summed E-state index contributed by atoms with van der Waals surface area (Å²) in [5.41, 5.74) is 5.08. The first kappa shape index (κ1) is 12.5. The summed E-state index contributed by atoms with van der Waals surface area (Å²) in [6.45, 7) is 0. The Labute approximate surface area is 112 Å². The van der Waals surface area contributed by atoms with E-state index in [0.717, 1.165) is 16.5 Å². The molecular weight excluding hydrogens is 238 g/mol. The van der Waals surface area contributed by atoms with Crippen LogP contribution in [0.25, 0.3) is 10.9 Å². The first-order valence-electron chi connectivity index (χ1n) is 6.67. The highest BCUT2D eigenvalue weighted by atomic mass is 16.5. The minimum Gasteiger partial charge on any atom is -0.379 e. The molecule has 1 saturated carbocycles. The Kier molecular flexibility index (Phi) is 3.46. The Morgan fingerprint density at radius 3 is 2.84 bits per heavy atom. The zero-order chi connectivity index (χ0) is 13.2. The number of fused-ring (bicyclic) bond motifs is 1. The number of hydrogen-bond acceptors (Lipinski definition) is 4. The Bertz CT molecular complexity index is 563. The molecule has 0 saturated heterocycles. The lowest BCUT2D eigenvalue weighted by molar-refractivity contribution is 0.0511. The van der Waals surface area contributed by atoms with Crippen LogP contribution in [0, 0.1) is 5.92 Å². The van der Waals surface area contributed by atoms with Gasteiger partial charge in [-0.25, -0.2) is 0 Å². The van der Waals surface area contributed by atoms with Gasteiger partial charge in [0, 0.05) is 18.7 Å². The van der Waals surface area contributed by atoms with Crippen LogP contribution in [0.1, 0.15) is 24.4 Å². The molecule has 0 amide bonds. The van der Waals surface area contributed by atoms with Gasteiger partial charge < -0.3 is 4.74 Å². The average Bonchev–Trinajstić information content (AvgIpc) is 3.29. The highest BCUT2D eigenvalue weighted by Crippen LogP contribution is 2.40. The molecule has 0 aliphatic heterocycles. The van der Waals surface area contributed by atoms with Crippen LogP contribution in [-0.4, -0.2) is 18.2 Å². The van der Waals surface area contributed by atoms with E-state index in [1.54, 1.807) is 7.11 Å². The normalized spacial score (nSPS) is 18.4. The number of nitrogens with two attached hydrogens (primary N) is 1. The van der Waals surface area contributed by atoms with Crippen LogP contribution in [-0.2, 0) is 4.74 Å². The van der Waals surface area contributed by atoms with E-state index in [4.69, 9.17) is 10.6 Å². The summed E-state index contributed by atoms with van der Waals surface area (Å²) in [5, 5.41) is 1.13. The summed E-state index contributed by atoms with van der Waals surface area (Å²) in [5.74, 6) is 6.40. The maximum atomic E-state index is 5.79. The van der Waals surface area contributed by atoms with E-state index in [2.05, 4.69) is 22.5 Å². The first-order valence-corrected chi connectivity index (χ1v) is 6.67. The van der Waals surface area contributed by atoms with Crippen molar-refractivity contribution in [3.63, 3.8) is 0 Å². The highest BCUT2D eigenvalue weighted by molar-refractivity contribution is 5.82. The molecule has 2 unspecified atom stereocenters. The van der Waals surface area contributed by atoms with Gasteiger partial charge in [0.1, 0.15) is 0 Å². The lowest BCUT2D eigenvalue weighted by Gasteiger charge is -2.26. The molecule has 3 N–H and O–H groups in total. The van der Waals surface area contributed by atoms with Crippen molar-refractivity contribution in [1.29, 1.82) is 0 Å². The van der Waals surface area contributed by atoms with Crippen LogP contribution in [0.15, 0.2) is 36.5 Å². The molecule has 4 heteroatoms. The number of methoxy groups -OCH3 is 1. The van der Waals surface area contributed by atoms with Gasteiger partial charge >= 0.3 is 0 Å². The second kappa shape index (κ2) is 5.25. The van der Waals surface area contributed by atoms with Gasteiger partial charge in [-0.15, -0.1) is 0 Å². The predicted molar refractivity (Wildman–Crippen MR) is 75.3 cm³/mol. The molecule has 1 aliphatic rings. The molecule has 0 spiro atoms. The molecule has 0 radical (unpaired) electrons. The Morgan fingerprint density at radius 2 is 2.16 bits per heavy atom. The van der Waals surface area contributed by atoms with E-state index in [1.165, 1.54) is 12.8 Å². The van der Waals surface area contributed by atoms with E-state index in [0.29, 0.717) is 5.92 Å². The van der Waals surface area contributed by atoms with Gasteiger partial charge in [-0.2, -0.15) is 0 Å². The Balaban J connectivity index is 2.05. The molecule has 0 bridgehead atoms. The molecule has 1 aliphatic carbocycles. The zero-order valence-electron chi connectivity index (χ0n) is 11.0. The van der Waals surface area contributed by atoms with Crippen molar-refractivity contribution in [2.75, 3.05) is 7.11 Å². The molecule has 2 atom stereocenters. The van der Waals surface area contributed by atoms with E-state index in [1.807, 2.05) is 24.4 Å². The number of pyridine rings is 1. The van der Waals surface area contributed by atoms with Crippen molar-refractivity contribution in [3.8, 4) is 0 Å². The molecule has 100 valence electrons. The molecule has 1 heterocycles. The molecule has 3 rings (SSSR count). The standard InChI is InChI=1S/C15H19N3O/c1-19-15(10-7-8-10)14(18-16)12-4-2-6-13-11(12)5-3-9-17-13/h2-6,9-10,14-15,18H,7-8,16H2,1H3. The SMILES string of the molecule is COC(C1CC1)C(NN)c1cccc2ncccc12. The van der Waals surface area contributed by atoms with E-state index in [9.17, 15) is 0 Å². The quantitative estimate of drug-likeness (QED) is 0.636. The topological polar surface area (TPSA) is 60.2 Å². The van der Waals surface area contributed by atoms with Gasteiger partial charge in [0.25, 0.3) is 0 Å². The molecule has 19 heavy (non-hydrogen) atoms. The van der Waals surface area contributed by atoms with Crippen molar-refractivity contribution in [1.82, 2.24) is 10.4 Å². The highest BCUT2D eigenvalue weighted by Gasteiger charge is 2.37. The third-order valence-corrected chi connectivity index (χ3v) is 3.88. The van der Waals surface area contributed by atoms with E-state index < -0.39 is 0 Å². The van der Waals surface area contributed by atoms with Crippen LogP contribution >= 0.6 is 0 Å². The molecule has 4 nitrogen and oxygen atoms in total. The minimum atomic E-state index is 0.00500. The zero-order valence-corrected chi connectivity index (χ0v) is 11.0. The molecule has 2 aromatic rings. The van der Waals surface area contributed by atoms with Crippen molar-refractivity contribution in [2.45, 2.75) is 25.0 Å². The van der Waals surface area contributed by atoms with Gasteiger partial charge in [0.05, 0.1) is 17.7 Å². The average molecular weight is 257 g/mol. The van der Waals surface area contributed by atoms with E-state index >= 15 is 0 Å². The summed E-state index contributed by atoms with van der Waals surface area (Å²) in [6.07, 6.45) is 4.38. The second-order valence-electron chi connectivity index (χ2n) is 5.10. The van der Waals surface area contributed by atoms with Crippen molar-refractivity contribution in [2.24, 2.45) is 11.8 Å².